The van der Waals surface area contributed by atoms with Crippen LogP contribution in [-0.4, -0.2) is 75.8 Å². The lowest BCUT2D eigenvalue weighted by atomic mass is 9.97. The number of rotatable bonds is 15. The van der Waals surface area contributed by atoms with Gasteiger partial charge >= 0.3 is 0 Å². The highest BCUT2D eigenvalue weighted by atomic mass is 16.7. The molecule has 0 bridgehead atoms. The normalized spacial score (nSPS) is 19.3. The molecule has 3 heterocycles. The summed E-state index contributed by atoms with van der Waals surface area (Å²) in [6.45, 7) is 4.66. The van der Waals surface area contributed by atoms with Gasteiger partial charge in [-0.2, -0.15) is 0 Å². The van der Waals surface area contributed by atoms with E-state index in [9.17, 15) is 14.7 Å². The average Bonchev–Trinajstić information content (AvgIpc) is 3.20. The molecular formula is C40H48N6O6. The van der Waals surface area contributed by atoms with Gasteiger partial charge in [0, 0.05) is 76.5 Å². The van der Waals surface area contributed by atoms with Crippen molar-refractivity contribution in [2.75, 3.05) is 37.6 Å². The van der Waals surface area contributed by atoms with Crippen molar-refractivity contribution < 1.29 is 29.4 Å². The minimum Gasteiger partial charge on any atom is -0.392 e. The summed E-state index contributed by atoms with van der Waals surface area (Å²) >= 11 is 0. The average molecular weight is 709 g/mol. The summed E-state index contributed by atoms with van der Waals surface area (Å²) in [5.74, 6) is 0.320. The van der Waals surface area contributed by atoms with E-state index in [1.54, 1.807) is 17.9 Å². The zero-order valence-corrected chi connectivity index (χ0v) is 29.4. The van der Waals surface area contributed by atoms with Gasteiger partial charge in [0.2, 0.25) is 17.8 Å². The number of hydroxylamine groups is 1. The summed E-state index contributed by atoms with van der Waals surface area (Å²) in [7, 11) is 0. The van der Waals surface area contributed by atoms with E-state index in [-0.39, 0.29) is 31.1 Å². The van der Waals surface area contributed by atoms with Crippen LogP contribution >= 0.6 is 0 Å². The highest BCUT2D eigenvalue weighted by molar-refractivity contribution is 5.76. The number of hydrogen-bond donors (Lipinski definition) is 4. The summed E-state index contributed by atoms with van der Waals surface area (Å²) in [6, 6.07) is 26.1. The van der Waals surface area contributed by atoms with Crippen LogP contribution in [0.5, 0.6) is 0 Å². The number of aliphatic hydroxyl groups excluding tert-OH is 1. The number of amides is 2. The molecule has 52 heavy (non-hydrogen) atoms. The molecule has 4 aromatic rings. The molecule has 0 unspecified atom stereocenters. The van der Waals surface area contributed by atoms with E-state index in [1.807, 2.05) is 48.5 Å². The second kappa shape index (κ2) is 18.7. The van der Waals surface area contributed by atoms with E-state index in [0.29, 0.717) is 25.8 Å². The van der Waals surface area contributed by atoms with Crippen LogP contribution in [0.1, 0.15) is 73.2 Å². The molecule has 0 saturated carbocycles. The molecule has 12 heteroatoms. The van der Waals surface area contributed by atoms with Gasteiger partial charge in [-0.1, -0.05) is 79.2 Å². The Kier molecular flexibility index (Phi) is 13.3. The van der Waals surface area contributed by atoms with E-state index in [1.165, 1.54) is 0 Å². The van der Waals surface area contributed by atoms with Crippen LogP contribution in [0.25, 0.3) is 11.1 Å². The topological polar surface area (TPSA) is 149 Å². The summed E-state index contributed by atoms with van der Waals surface area (Å²) in [4.78, 5) is 37.2. The Morgan fingerprint density at radius 2 is 1.48 bits per heavy atom. The molecule has 12 nitrogen and oxygen atoms in total. The highest BCUT2D eigenvalue weighted by Crippen LogP contribution is 2.39. The van der Waals surface area contributed by atoms with Crippen molar-refractivity contribution in [3.8, 4) is 11.1 Å². The fourth-order valence-corrected chi connectivity index (χ4v) is 6.77. The van der Waals surface area contributed by atoms with Gasteiger partial charge in [0.1, 0.15) is 0 Å². The van der Waals surface area contributed by atoms with Crippen molar-refractivity contribution in [1.82, 2.24) is 25.7 Å². The van der Waals surface area contributed by atoms with Gasteiger partial charge in [-0.15, -0.1) is 0 Å². The molecule has 2 aliphatic heterocycles. The van der Waals surface area contributed by atoms with Gasteiger partial charge in [0.25, 0.3) is 0 Å². The van der Waals surface area contributed by atoms with Crippen molar-refractivity contribution in [2.45, 2.75) is 70.2 Å². The van der Waals surface area contributed by atoms with Crippen molar-refractivity contribution in [1.29, 1.82) is 0 Å². The van der Waals surface area contributed by atoms with E-state index >= 15 is 0 Å². The molecule has 3 atom stereocenters. The smallest absolute Gasteiger partial charge is 0.243 e. The second-order valence-corrected chi connectivity index (χ2v) is 13.3. The van der Waals surface area contributed by atoms with Gasteiger partial charge in [-0.3, -0.25) is 19.7 Å². The van der Waals surface area contributed by atoms with E-state index in [0.717, 1.165) is 84.9 Å². The molecule has 1 aromatic heterocycles. The van der Waals surface area contributed by atoms with E-state index < -0.39 is 12.2 Å². The number of benzene rings is 3. The number of carbonyl (C=O) groups is 2. The molecule has 3 aromatic carbocycles. The molecular weight excluding hydrogens is 660 g/mol. The minimum atomic E-state index is -0.554. The van der Waals surface area contributed by atoms with Gasteiger partial charge < -0.3 is 24.8 Å². The molecule has 4 N–H and O–H groups in total. The lowest BCUT2D eigenvalue weighted by Crippen LogP contribution is -2.50. The Bertz CT molecular complexity index is 1720. The number of nitrogens with zero attached hydrogens (tertiary/aromatic N) is 4. The third kappa shape index (κ3) is 10.2. The number of aliphatic hydroxyl groups is 1. The largest absolute Gasteiger partial charge is 0.392 e. The number of unbranched alkanes of at least 4 members (excludes halogenated alkanes) is 2. The Hall–Kier alpha value is -4.72. The summed E-state index contributed by atoms with van der Waals surface area (Å²) in [6.07, 6.45) is 6.16. The number of hydrogen-bond acceptors (Lipinski definition) is 10. The fourth-order valence-electron chi connectivity index (χ4n) is 6.77. The van der Waals surface area contributed by atoms with Crippen LogP contribution in [0.15, 0.2) is 91.3 Å². The predicted molar refractivity (Wildman–Crippen MR) is 196 cm³/mol. The SMILES string of the molecule is O=C(CCCCCC(=O)NCc1ccccc1-c1ccc([C@@H]2O[C@H](CN3CCN(c4ncccn4)CC3)C[C@H](c3ccc(CO)cc3)O2)cc1)NO. The molecule has 0 aliphatic carbocycles. The van der Waals surface area contributed by atoms with Crippen molar-refractivity contribution >= 4 is 17.8 Å². The number of ether oxygens (including phenoxy) is 2. The number of aromatic nitrogens is 2. The number of nitrogens with one attached hydrogen (secondary N) is 2. The van der Waals surface area contributed by atoms with E-state index in [4.69, 9.17) is 14.7 Å². The maximum absolute atomic E-state index is 12.5. The first-order valence-corrected chi connectivity index (χ1v) is 18.1. The molecule has 2 aliphatic rings. The quantitative estimate of drug-likeness (QED) is 0.0749. The first-order valence-electron chi connectivity index (χ1n) is 18.1. The molecule has 274 valence electrons. The lowest BCUT2D eigenvalue weighted by Gasteiger charge is -2.40. The monoisotopic (exact) mass is 708 g/mol. The lowest BCUT2D eigenvalue weighted by molar-refractivity contribution is -0.253. The standard InChI is InChI=1S/C40H48N6O6/c47-28-29-11-13-31(14-12-29)36-25-34(27-45-21-23-46(24-22-45)40-41-19-6-20-42-40)51-39(52-36)32-17-15-30(16-18-32)35-8-5-4-7-33(35)26-43-37(48)9-2-1-3-10-38(49)44-50/h4-8,11-20,34,36,39,47,50H,1-3,9-10,21-28H2,(H,43,48)(H,44,49)/t34-,36+,39+/m0/s1. The van der Waals surface area contributed by atoms with Crippen LogP contribution < -0.4 is 15.7 Å². The number of carbonyl (C=O) groups excluding carboxylic acids is 2. The molecule has 2 amide bonds. The van der Waals surface area contributed by atoms with Crippen LogP contribution in [0.4, 0.5) is 5.95 Å². The van der Waals surface area contributed by atoms with E-state index in [2.05, 4.69) is 55.4 Å². The molecule has 0 radical (unpaired) electrons. The second-order valence-electron chi connectivity index (χ2n) is 13.3. The van der Waals surface area contributed by atoms with Crippen LogP contribution in [0, 0.1) is 0 Å². The zero-order chi connectivity index (χ0) is 36.1. The first-order chi connectivity index (χ1) is 25.5. The summed E-state index contributed by atoms with van der Waals surface area (Å²) < 4.78 is 13.3. The van der Waals surface area contributed by atoms with Gasteiger partial charge in [-0.05, 0) is 46.7 Å². The highest BCUT2D eigenvalue weighted by Gasteiger charge is 2.34. The Balaban J connectivity index is 1.09. The van der Waals surface area contributed by atoms with Crippen LogP contribution in [0.3, 0.4) is 0 Å². The van der Waals surface area contributed by atoms with Crippen LogP contribution in [-0.2, 0) is 32.2 Å². The Labute approximate surface area is 304 Å². The van der Waals surface area contributed by atoms with Crippen LogP contribution in [0.2, 0.25) is 0 Å². The van der Waals surface area contributed by atoms with Gasteiger partial charge in [-0.25, -0.2) is 15.4 Å². The first kappa shape index (κ1) is 37.1. The molecule has 2 fully saturated rings. The fraction of sp³-hybridized carbons (Fsp3) is 0.400. The summed E-state index contributed by atoms with van der Waals surface area (Å²) in [5, 5.41) is 21.2. The third-order valence-electron chi connectivity index (χ3n) is 9.70. The van der Waals surface area contributed by atoms with Gasteiger partial charge in [0.05, 0.1) is 18.8 Å². The molecule has 0 spiro atoms. The van der Waals surface area contributed by atoms with Crippen molar-refractivity contribution in [3.05, 3.63) is 114 Å². The molecule has 2 saturated heterocycles. The maximum Gasteiger partial charge on any atom is 0.243 e. The Morgan fingerprint density at radius 3 is 2.19 bits per heavy atom. The van der Waals surface area contributed by atoms with Gasteiger partial charge in [0.15, 0.2) is 6.29 Å². The van der Waals surface area contributed by atoms with Crippen molar-refractivity contribution in [2.24, 2.45) is 0 Å². The van der Waals surface area contributed by atoms with Crippen molar-refractivity contribution in [3.63, 3.8) is 0 Å². The summed E-state index contributed by atoms with van der Waals surface area (Å²) in [5.41, 5.74) is 7.56. The Morgan fingerprint density at radius 1 is 0.788 bits per heavy atom. The number of piperazine rings is 1. The predicted octanol–water partition coefficient (Wildman–Crippen LogP) is 5.08. The molecule has 6 rings (SSSR count). The number of anilines is 1. The zero-order valence-electron chi connectivity index (χ0n) is 29.4. The third-order valence-corrected chi connectivity index (χ3v) is 9.70. The minimum absolute atomic E-state index is 0.00292. The maximum atomic E-state index is 12.5.